The summed E-state index contributed by atoms with van der Waals surface area (Å²) in [5, 5.41) is 0. The van der Waals surface area contributed by atoms with Gasteiger partial charge in [0.1, 0.15) is 0 Å². The summed E-state index contributed by atoms with van der Waals surface area (Å²) in [4.78, 5) is 2.69. The van der Waals surface area contributed by atoms with Gasteiger partial charge in [0.2, 0.25) is 0 Å². The third-order valence-electron chi connectivity index (χ3n) is 4.19. The van der Waals surface area contributed by atoms with Crippen LogP contribution in [0.25, 0.3) is 0 Å². The fourth-order valence-corrected chi connectivity index (χ4v) is 2.83. The van der Waals surface area contributed by atoms with Gasteiger partial charge in [0.25, 0.3) is 0 Å². The number of benzene rings is 1. The molecule has 94 valence electrons. The quantitative estimate of drug-likeness (QED) is 0.758. The van der Waals surface area contributed by atoms with E-state index in [4.69, 9.17) is 0 Å². The highest BCUT2D eigenvalue weighted by atomic mass is 15.1. The van der Waals surface area contributed by atoms with E-state index in [0.29, 0.717) is 0 Å². The highest BCUT2D eigenvalue weighted by molar-refractivity contribution is 5.20. The summed E-state index contributed by atoms with van der Waals surface area (Å²) in [5.74, 6) is 0.743. The van der Waals surface area contributed by atoms with E-state index < -0.39 is 0 Å². The van der Waals surface area contributed by atoms with E-state index >= 15 is 0 Å². The molecule has 0 spiro atoms. The van der Waals surface area contributed by atoms with Gasteiger partial charge < -0.3 is 4.90 Å². The van der Waals surface area contributed by atoms with E-state index in [1.807, 2.05) is 0 Å². The summed E-state index contributed by atoms with van der Waals surface area (Å²) in [6, 6.07) is 11.8. The standard InChI is InChI=1S/C16H25N/c1-3-14(2)17-12-8-7-11-16(13-17)15-9-5-4-6-10-15/h4-6,9-10,14,16H,3,7-8,11-13H2,1-2H3. The number of hydrogen-bond donors (Lipinski definition) is 0. The van der Waals surface area contributed by atoms with Gasteiger partial charge in [0.05, 0.1) is 0 Å². The Morgan fingerprint density at radius 3 is 2.71 bits per heavy atom. The Hall–Kier alpha value is -0.820. The monoisotopic (exact) mass is 231 g/mol. The average Bonchev–Trinajstić information content (AvgIpc) is 2.64. The van der Waals surface area contributed by atoms with E-state index in [-0.39, 0.29) is 0 Å². The second-order valence-corrected chi connectivity index (χ2v) is 5.36. The Kier molecular flexibility index (Phi) is 4.61. The molecule has 1 saturated heterocycles. The summed E-state index contributed by atoms with van der Waals surface area (Å²) in [6.07, 6.45) is 5.37. The smallest absolute Gasteiger partial charge is 0.00645 e. The zero-order valence-corrected chi connectivity index (χ0v) is 11.2. The highest BCUT2D eigenvalue weighted by Crippen LogP contribution is 2.27. The summed E-state index contributed by atoms with van der Waals surface area (Å²) in [6.45, 7) is 7.21. The third-order valence-corrected chi connectivity index (χ3v) is 4.19. The molecule has 2 unspecified atom stereocenters. The Bertz CT molecular complexity index is 320. The first kappa shape index (κ1) is 12.6. The highest BCUT2D eigenvalue weighted by Gasteiger charge is 2.21. The van der Waals surface area contributed by atoms with Crippen LogP contribution in [0, 0.1) is 0 Å². The molecular weight excluding hydrogens is 206 g/mol. The Labute approximate surface area is 106 Å². The topological polar surface area (TPSA) is 3.24 Å². The van der Waals surface area contributed by atoms with E-state index in [9.17, 15) is 0 Å². The molecule has 0 aliphatic carbocycles. The first-order valence-corrected chi connectivity index (χ1v) is 7.10. The average molecular weight is 231 g/mol. The van der Waals surface area contributed by atoms with Gasteiger partial charge in [-0.2, -0.15) is 0 Å². The van der Waals surface area contributed by atoms with Gasteiger partial charge in [-0.1, -0.05) is 43.7 Å². The maximum absolute atomic E-state index is 2.69. The van der Waals surface area contributed by atoms with Gasteiger partial charge in [-0.15, -0.1) is 0 Å². The molecule has 17 heavy (non-hydrogen) atoms. The van der Waals surface area contributed by atoms with Crippen molar-refractivity contribution < 1.29 is 0 Å². The van der Waals surface area contributed by atoms with Crippen LogP contribution in [0.5, 0.6) is 0 Å². The van der Waals surface area contributed by atoms with Crippen molar-refractivity contribution >= 4 is 0 Å². The van der Waals surface area contributed by atoms with Crippen molar-refractivity contribution in [3.05, 3.63) is 35.9 Å². The fourth-order valence-electron chi connectivity index (χ4n) is 2.83. The number of rotatable bonds is 3. The molecule has 1 aromatic rings. The molecule has 0 bridgehead atoms. The number of likely N-dealkylation sites (tertiary alicyclic amines) is 1. The minimum absolute atomic E-state index is 0.735. The molecule has 0 N–H and O–H groups in total. The molecule has 0 radical (unpaired) electrons. The maximum atomic E-state index is 2.69. The van der Waals surface area contributed by atoms with Crippen molar-refractivity contribution in [3.8, 4) is 0 Å². The molecule has 1 aromatic carbocycles. The van der Waals surface area contributed by atoms with Crippen LogP contribution in [-0.2, 0) is 0 Å². The SMILES string of the molecule is CCC(C)N1CCCCC(c2ccccc2)C1. The van der Waals surface area contributed by atoms with Crippen molar-refractivity contribution in [3.63, 3.8) is 0 Å². The van der Waals surface area contributed by atoms with Crippen molar-refractivity contribution in [2.75, 3.05) is 13.1 Å². The molecule has 2 rings (SSSR count). The van der Waals surface area contributed by atoms with Gasteiger partial charge >= 0.3 is 0 Å². The zero-order chi connectivity index (χ0) is 12.1. The molecule has 1 nitrogen and oxygen atoms in total. The van der Waals surface area contributed by atoms with Gasteiger partial charge in [0, 0.05) is 12.6 Å². The predicted octanol–water partition coefficient (Wildman–Crippen LogP) is 4.05. The fraction of sp³-hybridized carbons (Fsp3) is 0.625. The van der Waals surface area contributed by atoms with Crippen molar-refractivity contribution in [1.82, 2.24) is 4.90 Å². The second kappa shape index (κ2) is 6.20. The van der Waals surface area contributed by atoms with Crippen LogP contribution in [0.3, 0.4) is 0 Å². The lowest BCUT2D eigenvalue weighted by Gasteiger charge is -2.29. The summed E-state index contributed by atoms with van der Waals surface area (Å²) in [7, 11) is 0. The van der Waals surface area contributed by atoms with Gasteiger partial charge in [-0.3, -0.25) is 0 Å². The van der Waals surface area contributed by atoms with Crippen LogP contribution in [0.2, 0.25) is 0 Å². The summed E-state index contributed by atoms with van der Waals surface area (Å²) in [5.41, 5.74) is 1.53. The molecule has 1 heterocycles. The zero-order valence-electron chi connectivity index (χ0n) is 11.2. The van der Waals surface area contributed by atoms with E-state index in [0.717, 1.165) is 12.0 Å². The molecule has 1 heteroatoms. The van der Waals surface area contributed by atoms with Gasteiger partial charge in [-0.05, 0) is 44.2 Å². The van der Waals surface area contributed by atoms with Crippen LogP contribution in [0.1, 0.15) is 51.0 Å². The molecule has 0 aromatic heterocycles. The Morgan fingerprint density at radius 2 is 2.00 bits per heavy atom. The normalized spacial score (nSPS) is 24.2. The Balaban J connectivity index is 2.07. The largest absolute Gasteiger partial charge is 0.300 e. The number of hydrogen-bond acceptors (Lipinski definition) is 1. The molecular formula is C16H25N. The molecule has 1 aliphatic rings. The lowest BCUT2D eigenvalue weighted by Crippen LogP contribution is -2.35. The Morgan fingerprint density at radius 1 is 1.24 bits per heavy atom. The minimum Gasteiger partial charge on any atom is -0.300 e. The molecule has 1 aliphatic heterocycles. The van der Waals surface area contributed by atoms with Crippen molar-refractivity contribution in [1.29, 1.82) is 0 Å². The minimum atomic E-state index is 0.735. The first-order valence-electron chi connectivity index (χ1n) is 7.10. The van der Waals surface area contributed by atoms with Crippen LogP contribution in [-0.4, -0.2) is 24.0 Å². The van der Waals surface area contributed by atoms with Crippen LogP contribution >= 0.6 is 0 Å². The van der Waals surface area contributed by atoms with Crippen LogP contribution in [0.15, 0.2) is 30.3 Å². The first-order chi connectivity index (χ1) is 8.31. The predicted molar refractivity (Wildman–Crippen MR) is 74.4 cm³/mol. The second-order valence-electron chi connectivity index (χ2n) is 5.36. The third kappa shape index (κ3) is 3.32. The lowest BCUT2D eigenvalue weighted by atomic mass is 9.94. The lowest BCUT2D eigenvalue weighted by molar-refractivity contribution is 0.203. The van der Waals surface area contributed by atoms with Crippen LogP contribution < -0.4 is 0 Å². The van der Waals surface area contributed by atoms with E-state index in [1.54, 1.807) is 0 Å². The summed E-state index contributed by atoms with van der Waals surface area (Å²) >= 11 is 0. The van der Waals surface area contributed by atoms with E-state index in [2.05, 4.69) is 49.1 Å². The van der Waals surface area contributed by atoms with E-state index in [1.165, 1.54) is 44.3 Å². The van der Waals surface area contributed by atoms with Gasteiger partial charge in [-0.25, -0.2) is 0 Å². The van der Waals surface area contributed by atoms with Crippen molar-refractivity contribution in [2.45, 2.75) is 51.5 Å². The summed E-state index contributed by atoms with van der Waals surface area (Å²) < 4.78 is 0. The molecule has 2 atom stereocenters. The molecule has 0 amide bonds. The van der Waals surface area contributed by atoms with Crippen molar-refractivity contribution in [2.24, 2.45) is 0 Å². The van der Waals surface area contributed by atoms with Crippen LogP contribution in [0.4, 0.5) is 0 Å². The maximum Gasteiger partial charge on any atom is 0.00645 e. The number of nitrogens with zero attached hydrogens (tertiary/aromatic N) is 1. The molecule has 0 saturated carbocycles. The molecule has 1 fully saturated rings. The van der Waals surface area contributed by atoms with Gasteiger partial charge in [0.15, 0.2) is 0 Å².